The van der Waals surface area contributed by atoms with Crippen molar-refractivity contribution in [1.29, 1.82) is 0 Å². The fraction of sp³-hybridized carbons (Fsp3) is 0.667. The fourth-order valence-corrected chi connectivity index (χ4v) is 2.83. The Morgan fingerprint density at radius 1 is 1.05 bits per heavy atom. The number of hydrazine groups is 1. The second-order valence-corrected chi connectivity index (χ2v) is 6.40. The van der Waals surface area contributed by atoms with Gasteiger partial charge in [-0.3, -0.25) is 11.3 Å². The highest BCUT2D eigenvalue weighted by Crippen LogP contribution is 2.24. The lowest BCUT2D eigenvalue weighted by atomic mass is 9.98. The Morgan fingerprint density at radius 3 is 2.24 bits per heavy atom. The average Bonchev–Trinajstić information content (AvgIpc) is 2.49. The minimum absolute atomic E-state index is 0.237. The largest absolute Gasteiger partial charge is 0.271 e. The summed E-state index contributed by atoms with van der Waals surface area (Å²) < 4.78 is 0. The van der Waals surface area contributed by atoms with Crippen molar-refractivity contribution in [2.45, 2.75) is 77.7 Å². The minimum Gasteiger partial charge on any atom is -0.271 e. The molecule has 0 aliphatic rings. The number of nitrogens with one attached hydrogen (secondary N) is 1. The molecule has 2 nitrogen and oxygen atoms in total. The van der Waals surface area contributed by atoms with Crippen LogP contribution in [0.25, 0.3) is 0 Å². The van der Waals surface area contributed by atoms with Crippen molar-refractivity contribution in [3.8, 4) is 0 Å². The molecule has 0 aliphatic carbocycles. The summed E-state index contributed by atoms with van der Waals surface area (Å²) in [6, 6.07) is 6.41. The maximum absolute atomic E-state index is 6.07. The lowest BCUT2D eigenvalue weighted by molar-refractivity contribution is 0.475. The molecule has 21 heavy (non-hydrogen) atoms. The van der Waals surface area contributed by atoms with E-state index in [0.29, 0.717) is 0 Å². The Bertz CT molecular complexity index is 393. The van der Waals surface area contributed by atoms with Crippen LogP contribution < -0.4 is 11.3 Å². The van der Waals surface area contributed by atoms with Crippen LogP contribution in [0.2, 0.25) is 5.02 Å². The van der Waals surface area contributed by atoms with Crippen molar-refractivity contribution >= 4 is 11.6 Å². The van der Waals surface area contributed by atoms with E-state index < -0.39 is 0 Å². The quantitative estimate of drug-likeness (QED) is 0.313. The molecule has 3 heteroatoms. The molecule has 0 spiro atoms. The first kappa shape index (κ1) is 18.5. The van der Waals surface area contributed by atoms with Crippen LogP contribution in [0, 0.1) is 6.92 Å². The highest BCUT2D eigenvalue weighted by Gasteiger charge is 2.10. The maximum atomic E-state index is 6.07. The topological polar surface area (TPSA) is 38.0 Å². The highest BCUT2D eigenvalue weighted by atomic mass is 35.5. The van der Waals surface area contributed by atoms with Crippen LogP contribution >= 0.6 is 11.6 Å². The van der Waals surface area contributed by atoms with Gasteiger partial charge in [0.1, 0.15) is 0 Å². The first-order valence-corrected chi connectivity index (χ1v) is 8.79. The SMILES string of the molecule is CCCCCCCCCCC(NN)c1ccc(Cl)c(C)c1. The molecule has 1 aromatic carbocycles. The maximum Gasteiger partial charge on any atom is 0.0460 e. The van der Waals surface area contributed by atoms with Gasteiger partial charge < -0.3 is 0 Å². The third kappa shape index (κ3) is 7.30. The third-order valence-electron chi connectivity index (χ3n) is 4.13. The summed E-state index contributed by atoms with van der Waals surface area (Å²) in [7, 11) is 0. The van der Waals surface area contributed by atoms with Crippen LogP contribution in [0.4, 0.5) is 0 Å². The molecule has 1 aromatic rings. The Kier molecular flexibility index (Phi) is 9.73. The smallest absolute Gasteiger partial charge is 0.0460 e. The lowest BCUT2D eigenvalue weighted by Gasteiger charge is -2.17. The van der Waals surface area contributed by atoms with E-state index >= 15 is 0 Å². The van der Waals surface area contributed by atoms with Gasteiger partial charge in [-0.15, -0.1) is 0 Å². The first-order chi connectivity index (χ1) is 10.2. The van der Waals surface area contributed by atoms with E-state index in [-0.39, 0.29) is 6.04 Å². The monoisotopic (exact) mass is 310 g/mol. The van der Waals surface area contributed by atoms with Crippen molar-refractivity contribution in [1.82, 2.24) is 5.43 Å². The predicted molar refractivity (Wildman–Crippen MR) is 93.5 cm³/mol. The molecule has 0 bridgehead atoms. The van der Waals surface area contributed by atoms with Gasteiger partial charge in [0.25, 0.3) is 0 Å². The summed E-state index contributed by atoms with van der Waals surface area (Å²) in [6.07, 6.45) is 11.8. The second kappa shape index (κ2) is 11.1. The van der Waals surface area contributed by atoms with E-state index in [1.807, 2.05) is 13.0 Å². The average molecular weight is 311 g/mol. The number of rotatable bonds is 11. The summed E-state index contributed by atoms with van der Waals surface area (Å²) in [4.78, 5) is 0. The zero-order chi connectivity index (χ0) is 15.5. The molecule has 0 aliphatic heterocycles. The molecular formula is C18H31ClN2. The van der Waals surface area contributed by atoms with Crippen LogP contribution in [0.15, 0.2) is 18.2 Å². The van der Waals surface area contributed by atoms with Gasteiger partial charge in [0.15, 0.2) is 0 Å². The number of aryl methyl sites for hydroxylation is 1. The predicted octanol–water partition coefficient (Wildman–Crippen LogP) is 5.68. The standard InChI is InChI=1S/C18H31ClN2/c1-3-4-5-6-7-8-9-10-11-18(21-20)16-12-13-17(19)15(2)14-16/h12-14,18,21H,3-11,20H2,1-2H3. The Labute approximate surface area is 135 Å². The normalized spacial score (nSPS) is 12.6. The van der Waals surface area contributed by atoms with E-state index in [0.717, 1.165) is 17.0 Å². The zero-order valence-electron chi connectivity index (χ0n) is 13.6. The van der Waals surface area contributed by atoms with Crippen LogP contribution in [-0.4, -0.2) is 0 Å². The summed E-state index contributed by atoms with van der Waals surface area (Å²) >= 11 is 6.07. The number of benzene rings is 1. The fourth-order valence-electron chi connectivity index (χ4n) is 2.71. The molecule has 0 aromatic heterocycles. The van der Waals surface area contributed by atoms with Crippen molar-refractivity contribution in [2.75, 3.05) is 0 Å². The second-order valence-electron chi connectivity index (χ2n) is 5.99. The third-order valence-corrected chi connectivity index (χ3v) is 4.56. The summed E-state index contributed by atoms with van der Waals surface area (Å²) in [5.74, 6) is 5.71. The van der Waals surface area contributed by atoms with Gasteiger partial charge in [-0.05, 0) is 30.5 Å². The molecule has 0 heterocycles. The van der Waals surface area contributed by atoms with Crippen LogP contribution in [0.3, 0.4) is 0 Å². The van der Waals surface area contributed by atoms with E-state index in [4.69, 9.17) is 17.4 Å². The van der Waals surface area contributed by atoms with Gasteiger partial charge in [-0.25, -0.2) is 0 Å². The minimum atomic E-state index is 0.237. The van der Waals surface area contributed by atoms with Gasteiger partial charge in [-0.2, -0.15) is 0 Å². The van der Waals surface area contributed by atoms with Crippen molar-refractivity contribution < 1.29 is 0 Å². The van der Waals surface area contributed by atoms with Crippen molar-refractivity contribution in [3.05, 3.63) is 34.3 Å². The summed E-state index contributed by atoms with van der Waals surface area (Å²) in [5, 5.41) is 0.821. The van der Waals surface area contributed by atoms with Gasteiger partial charge in [0.2, 0.25) is 0 Å². The number of nitrogens with two attached hydrogens (primary N) is 1. The number of hydrogen-bond acceptors (Lipinski definition) is 2. The molecule has 0 saturated heterocycles. The van der Waals surface area contributed by atoms with Crippen molar-refractivity contribution in [3.63, 3.8) is 0 Å². The lowest BCUT2D eigenvalue weighted by Crippen LogP contribution is -2.28. The molecule has 0 radical (unpaired) electrons. The molecule has 0 fully saturated rings. The summed E-state index contributed by atoms with van der Waals surface area (Å²) in [5.41, 5.74) is 5.30. The number of halogens is 1. The molecule has 120 valence electrons. The van der Waals surface area contributed by atoms with Gasteiger partial charge in [0, 0.05) is 11.1 Å². The molecule has 3 N–H and O–H groups in total. The molecule has 0 saturated carbocycles. The van der Waals surface area contributed by atoms with E-state index in [1.165, 1.54) is 56.9 Å². The van der Waals surface area contributed by atoms with E-state index in [2.05, 4.69) is 24.5 Å². The Hall–Kier alpha value is -0.570. The molecule has 0 amide bonds. The van der Waals surface area contributed by atoms with Crippen LogP contribution in [-0.2, 0) is 0 Å². The molecule has 1 unspecified atom stereocenters. The zero-order valence-corrected chi connectivity index (χ0v) is 14.4. The van der Waals surface area contributed by atoms with E-state index in [9.17, 15) is 0 Å². The Morgan fingerprint density at radius 2 is 1.67 bits per heavy atom. The summed E-state index contributed by atoms with van der Waals surface area (Å²) in [6.45, 7) is 4.30. The Balaban J connectivity index is 2.23. The van der Waals surface area contributed by atoms with Crippen molar-refractivity contribution in [2.24, 2.45) is 5.84 Å². The van der Waals surface area contributed by atoms with Gasteiger partial charge in [-0.1, -0.05) is 82.0 Å². The molecular weight excluding hydrogens is 280 g/mol. The number of hydrogen-bond donors (Lipinski definition) is 2. The first-order valence-electron chi connectivity index (χ1n) is 8.41. The highest BCUT2D eigenvalue weighted by molar-refractivity contribution is 6.31. The molecule has 1 rings (SSSR count). The van der Waals surface area contributed by atoms with Crippen LogP contribution in [0.1, 0.15) is 81.9 Å². The van der Waals surface area contributed by atoms with Gasteiger partial charge in [0.05, 0.1) is 0 Å². The number of unbranched alkanes of at least 4 members (excludes halogenated alkanes) is 7. The molecule has 1 atom stereocenters. The van der Waals surface area contributed by atoms with Crippen LogP contribution in [0.5, 0.6) is 0 Å². The van der Waals surface area contributed by atoms with Gasteiger partial charge >= 0.3 is 0 Å². The van der Waals surface area contributed by atoms with E-state index in [1.54, 1.807) is 0 Å².